The second-order valence-electron chi connectivity index (χ2n) is 5.66. The van der Waals surface area contributed by atoms with E-state index in [9.17, 15) is 0 Å². The maximum atomic E-state index is 4.64. The predicted molar refractivity (Wildman–Crippen MR) is 98.2 cm³/mol. The zero-order valence-electron chi connectivity index (χ0n) is 14.7. The van der Waals surface area contributed by atoms with E-state index < -0.39 is 0 Å². The van der Waals surface area contributed by atoms with Crippen LogP contribution in [-0.4, -0.2) is 47.9 Å². The molecule has 0 aliphatic heterocycles. The minimum absolute atomic E-state index is 0.623. The summed E-state index contributed by atoms with van der Waals surface area (Å²) in [5, 5.41) is 10.8. The van der Waals surface area contributed by atoms with Crippen LogP contribution in [0.1, 0.15) is 18.9 Å². The maximum absolute atomic E-state index is 4.64. The second-order valence-corrected chi connectivity index (χ2v) is 5.66. The lowest BCUT2D eigenvalue weighted by atomic mass is 10.2. The summed E-state index contributed by atoms with van der Waals surface area (Å²) in [6.45, 7) is 5.28. The van der Waals surface area contributed by atoms with Crippen LogP contribution in [0, 0.1) is 0 Å². The largest absolute Gasteiger partial charge is 0.363 e. The van der Waals surface area contributed by atoms with Gasteiger partial charge in [0, 0.05) is 52.3 Å². The van der Waals surface area contributed by atoms with E-state index in [1.54, 1.807) is 6.20 Å². The Kier molecular flexibility index (Phi) is 7.07. The predicted octanol–water partition coefficient (Wildman–Crippen LogP) is 1.49. The fourth-order valence-corrected chi connectivity index (χ4v) is 2.20. The number of aryl methyl sites for hydroxylation is 1. The molecule has 2 aromatic heterocycles. The molecule has 2 heterocycles. The number of aromatic nitrogens is 3. The van der Waals surface area contributed by atoms with Gasteiger partial charge in [0.05, 0.1) is 6.54 Å². The Bertz CT molecular complexity index is 620. The Morgan fingerprint density at radius 2 is 2.17 bits per heavy atom. The van der Waals surface area contributed by atoms with Gasteiger partial charge in [-0.2, -0.15) is 5.10 Å². The third kappa shape index (κ3) is 5.91. The van der Waals surface area contributed by atoms with E-state index in [0.717, 1.165) is 43.4 Å². The van der Waals surface area contributed by atoms with E-state index in [0.29, 0.717) is 6.54 Å². The number of anilines is 1. The van der Waals surface area contributed by atoms with Crippen LogP contribution in [0.25, 0.3) is 0 Å². The van der Waals surface area contributed by atoms with Crippen molar-refractivity contribution in [3.63, 3.8) is 0 Å². The highest BCUT2D eigenvalue weighted by Crippen LogP contribution is 2.10. The van der Waals surface area contributed by atoms with E-state index >= 15 is 0 Å². The number of guanidine groups is 1. The monoisotopic (exact) mass is 329 g/mol. The van der Waals surface area contributed by atoms with E-state index in [1.807, 2.05) is 48.2 Å². The molecule has 0 radical (unpaired) electrons. The number of hydrogen-bond donors (Lipinski definition) is 2. The SMILES string of the molecule is CCNC(=NCc1ccnc(N(C)C)c1)NCCCn1cccn1. The van der Waals surface area contributed by atoms with E-state index in [1.165, 1.54) is 0 Å². The average molecular weight is 329 g/mol. The van der Waals surface area contributed by atoms with Crippen molar-refractivity contribution >= 4 is 11.8 Å². The summed E-state index contributed by atoms with van der Waals surface area (Å²) in [4.78, 5) is 11.0. The molecule has 2 N–H and O–H groups in total. The van der Waals surface area contributed by atoms with Gasteiger partial charge in [0.15, 0.2) is 5.96 Å². The third-order valence-corrected chi connectivity index (χ3v) is 3.45. The molecule has 0 aliphatic carbocycles. The van der Waals surface area contributed by atoms with Gasteiger partial charge in [0.25, 0.3) is 0 Å². The first-order valence-corrected chi connectivity index (χ1v) is 8.31. The van der Waals surface area contributed by atoms with E-state index in [2.05, 4.69) is 38.7 Å². The third-order valence-electron chi connectivity index (χ3n) is 3.45. The quantitative estimate of drug-likeness (QED) is 0.436. The number of aliphatic imine (C=N–C) groups is 1. The second kappa shape index (κ2) is 9.54. The Labute approximate surface area is 143 Å². The fourth-order valence-electron chi connectivity index (χ4n) is 2.20. The van der Waals surface area contributed by atoms with Crippen LogP contribution >= 0.6 is 0 Å². The topological polar surface area (TPSA) is 70.4 Å². The number of rotatable bonds is 8. The molecular formula is C17H27N7. The van der Waals surface area contributed by atoms with Gasteiger partial charge in [-0.05, 0) is 37.1 Å². The highest BCUT2D eigenvalue weighted by molar-refractivity contribution is 5.79. The van der Waals surface area contributed by atoms with Gasteiger partial charge in [-0.3, -0.25) is 4.68 Å². The highest BCUT2D eigenvalue weighted by atomic mass is 15.3. The van der Waals surface area contributed by atoms with Crippen molar-refractivity contribution in [1.29, 1.82) is 0 Å². The molecular weight excluding hydrogens is 302 g/mol. The summed E-state index contributed by atoms with van der Waals surface area (Å²) in [6.07, 6.45) is 6.59. The van der Waals surface area contributed by atoms with Crippen LogP contribution < -0.4 is 15.5 Å². The van der Waals surface area contributed by atoms with Crippen LogP contribution in [0.2, 0.25) is 0 Å². The van der Waals surface area contributed by atoms with Crippen molar-refractivity contribution in [3.8, 4) is 0 Å². The first kappa shape index (κ1) is 17.8. The fraction of sp³-hybridized carbons (Fsp3) is 0.471. The minimum Gasteiger partial charge on any atom is -0.363 e. The number of hydrogen-bond acceptors (Lipinski definition) is 4. The maximum Gasteiger partial charge on any atom is 0.191 e. The molecule has 0 saturated carbocycles. The number of pyridine rings is 1. The summed E-state index contributed by atoms with van der Waals surface area (Å²) in [7, 11) is 3.97. The minimum atomic E-state index is 0.623. The number of nitrogens with one attached hydrogen (secondary N) is 2. The lowest BCUT2D eigenvalue weighted by Gasteiger charge is -2.13. The van der Waals surface area contributed by atoms with Crippen molar-refractivity contribution in [3.05, 3.63) is 42.4 Å². The van der Waals surface area contributed by atoms with Crippen molar-refractivity contribution in [1.82, 2.24) is 25.4 Å². The molecule has 0 bridgehead atoms. The van der Waals surface area contributed by atoms with Gasteiger partial charge in [-0.1, -0.05) is 0 Å². The van der Waals surface area contributed by atoms with Crippen molar-refractivity contribution < 1.29 is 0 Å². The molecule has 0 fully saturated rings. The van der Waals surface area contributed by atoms with E-state index in [-0.39, 0.29) is 0 Å². The van der Waals surface area contributed by atoms with Crippen molar-refractivity contribution in [2.75, 3.05) is 32.1 Å². The molecule has 7 nitrogen and oxygen atoms in total. The van der Waals surface area contributed by atoms with Crippen molar-refractivity contribution in [2.45, 2.75) is 26.4 Å². The molecule has 7 heteroatoms. The van der Waals surface area contributed by atoms with Gasteiger partial charge < -0.3 is 15.5 Å². The normalized spacial score (nSPS) is 11.4. The first-order valence-electron chi connectivity index (χ1n) is 8.31. The molecule has 0 aliphatic rings. The molecule has 0 saturated heterocycles. The van der Waals surface area contributed by atoms with Crippen LogP contribution in [-0.2, 0) is 13.1 Å². The Morgan fingerprint density at radius 3 is 2.88 bits per heavy atom. The summed E-state index contributed by atoms with van der Waals surface area (Å²) in [6, 6.07) is 6.00. The summed E-state index contributed by atoms with van der Waals surface area (Å²) < 4.78 is 1.94. The van der Waals surface area contributed by atoms with E-state index in [4.69, 9.17) is 0 Å². The Balaban J connectivity index is 1.84. The van der Waals surface area contributed by atoms with Crippen LogP contribution in [0.15, 0.2) is 41.8 Å². The van der Waals surface area contributed by atoms with Gasteiger partial charge in [-0.25, -0.2) is 9.98 Å². The van der Waals surface area contributed by atoms with Gasteiger partial charge in [0.1, 0.15) is 5.82 Å². The lowest BCUT2D eigenvalue weighted by molar-refractivity contribution is 0.570. The molecule has 24 heavy (non-hydrogen) atoms. The molecule has 2 aromatic rings. The summed E-state index contributed by atoms with van der Waals surface area (Å²) >= 11 is 0. The summed E-state index contributed by atoms with van der Waals surface area (Å²) in [5.41, 5.74) is 1.14. The first-order chi connectivity index (χ1) is 11.7. The molecule has 2 rings (SSSR count). The lowest BCUT2D eigenvalue weighted by Crippen LogP contribution is -2.38. The molecule has 0 spiro atoms. The zero-order chi connectivity index (χ0) is 17.2. The van der Waals surface area contributed by atoms with Gasteiger partial charge >= 0.3 is 0 Å². The molecule has 130 valence electrons. The average Bonchev–Trinajstić information content (AvgIpc) is 3.10. The summed E-state index contributed by atoms with van der Waals surface area (Å²) in [5.74, 6) is 1.78. The Morgan fingerprint density at radius 1 is 1.29 bits per heavy atom. The highest BCUT2D eigenvalue weighted by Gasteiger charge is 2.01. The molecule has 0 aromatic carbocycles. The number of nitrogens with zero attached hydrogens (tertiary/aromatic N) is 5. The van der Waals surface area contributed by atoms with Crippen molar-refractivity contribution in [2.24, 2.45) is 4.99 Å². The molecule has 0 atom stereocenters. The molecule has 0 amide bonds. The van der Waals surface area contributed by atoms with Gasteiger partial charge in [-0.15, -0.1) is 0 Å². The van der Waals surface area contributed by atoms with Crippen LogP contribution in [0.3, 0.4) is 0 Å². The standard InChI is InChI=1S/C17H27N7/c1-4-18-17(20-8-5-11-24-12-6-9-22-24)21-14-15-7-10-19-16(13-15)23(2)3/h6-7,9-10,12-13H,4-5,8,11,14H2,1-3H3,(H2,18,20,21). The Hall–Kier alpha value is -2.57. The van der Waals surface area contributed by atoms with Crippen LogP contribution in [0.5, 0.6) is 0 Å². The van der Waals surface area contributed by atoms with Crippen LogP contribution in [0.4, 0.5) is 5.82 Å². The van der Waals surface area contributed by atoms with Gasteiger partial charge in [0.2, 0.25) is 0 Å². The smallest absolute Gasteiger partial charge is 0.191 e. The zero-order valence-corrected chi connectivity index (χ0v) is 14.7. The molecule has 0 unspecified atom stereocenters.